The van der Waals surface area contributed by atoms with Crippen LogP contribution in [0.1, 0.15) is 23.2 Å². The van der Waals surface area contributed by atoms with Gasteiger partial charge in [-0.2, -0.15) is 9.78 Å². The highest BCUT2D eigenvalue weighted by Crippen LogP contribution is 2.29. The minimum absolute atomic E-state index is 0.0260. The van der Waals surface area contributed by atoms with Gasteiger partial charge in [-0.25, -0.2) is 8.78 Å². The molecule has 1 aliphatic rings. The standard InChI is InChI=1S/C27H22F2N4O3/c28-19-5-11-22(12-6-19)33-27(35)25(24(17-30-33)36-23-13-7-20(29)8-14-23)31-21-9-3-18(4-10-21)26(34)32-15-1-2-16-32/h3-14,17,31H,1-2,15-16H2. The van der Waals surface area contributed by atoms with Crippen LogP contribution in [0.25, 0.3) is 5.69 Å². The average Bonchev–Trinajstić information content (AvgIpc) is 3.43. The Morgan fingerprint density at radius 2 is 1.47 bits per heavy atom. The van der Waals surface area contributed by atoms with Gasteiger partial charge in [-0.05, 0) is 85.6 Å². The van der Waals surface area contributed by atoms with Crippen molar-refractivity contribution in [2.24, 2.45) is 0 Å². The van der Waals surface area contributed by atoms with Crippen molar-refractivity contribution >= 4 is 17.3 Å². The van der Waals surface area contributed by atoms with Gasteiger partial charge in [0.25, 0.3) is 11.5 Å². The number of likely N-dealkylation sites (tertiary alicyclic amines) is 1. The van der Waals surface area contributed by atoms with Crippen LogP contribution in [-0.2, 0) is 0 Å². The molecule has 5 rings (SSSR count). The number of benzene rings is 3. The molecule has 1 aromatic heterocycles. The molecule has 0 unspecified atom stereocenters. The number of carbonyl (C=O) groups is 1. The van der Waals surface area contributed by atoms with E-state index in [1.54, 1.807) is 24.3 Å². The molecule has 2 heterocycles. The minimum atomic E-state index is -0.543. The molecule has 1 aliphatic heterocycles. The largest absolute Gasteiger partial charge is 0.453 e. The van der Waals surface area contributed by atoms with E-state index in [9.17, 15) is 18.4 Å². The Hall–Kier alpha value is -4.53. The molecule has 1 saturated heterocycles. The highest BCUT2D eigenvalue weighted by Gasteiger charge is 2.20. The third-order valence-corrected chi connectivity index (χ3v) is 5.85. The molecular weight excluding hydrogens is 466 g/mol. The van der Waals surface area contributed by atoms with Crippen LogP contribution in [0, 0.1) is 11.6 Å². The number of hydrogen-bond donors (Lipinski definition) is 1. The summed E-state index contributed by atoms with van der Waals surface area (Å²) < 4.78 is 33.7. The molecule has 3 aromatic carbocycles. The average molecular weight is 488 g/mol. The third kappa shape index (κ3) is 4.95. The molecule has 0 atom stereocenters. The van der Waals surface area contributed by atoms with Crippen molar-refractivity contribution < 1.29 is 18.3 Å². The summed E-state index contributed by atoms with van der Waals surface area (Å²) in [5.74, 6) is -0.463. The fourth-order valence-corrected chi connectivity index (χ4v) is 3.97. The van der Waals surface area contributed by atoms with Crippen LogP contribution in [0.2, 0.25) is 0 Å². The Kier molecular flexibility index (Phi) is 6.44. The van der Waals surface area contributed by atoms with Gasteiger partial charge in [0.2, 0.25) is 0 Å². The first-order valence-corrected chi connectivity index (χ1v) is 11.5. The van der Waals surface area contributed by atoms with Gasteiger partial charge in [-0.1, -0.05) is 0 Å². The number of rotatable bonds is 6. The van der Waals surface area contributed by atoms with Crippen LogP contribution < -0.4 is 15.6 Å². The lowest BCUT2D eigenvalue weighted by molar-refractivity contribution is 0.0793. The second-order valence-electron chi connectivity index (χ2n) is 8.33. The Bertz CT molecular complexity index is 1430. The number of carbonyl (C=O) groups excluding carboxylic acids is 1. The number of nitrogens with zero attached hydrogens (tertiary/aromatic N) is 3. The first-order valence-electron chi connectivity index (χ1n) is 11.5. The Morgan fingerprint density at radius 3 is 2.11 bits per heavy atom. The molecule has 0 spiro atoms. The summed E-state index contributed by atoms with van der Waals surface area (Å²) in [5.41, 5.74) is 0.995. The fraction of sp³-hybridized carbons (Fsp3) is 0.148. The molecule has 9 heteroatoms. The Labute approximate surface area is 205 Å². The van der Waals surface area contributed by atoms with Crippen LogP contribution >= 0.6 is 0 Å². The highest BCUT2D eigenvalue weighted by atomic mass is 19.1. The van der Waals surface area contributed by atoms with E-state index in [-0.39, 0.29) is 17.3 Å². The van der Waals surface area contributed by atoms with Crippen molar-refractivity contribution in [3.8, 4) is 17.2 Å². The molecule has 182 valence electrons. The van der Waals surface area contributed by atoms with E-state index in [1.807, 2.05) is 4.90 Å². The zero-order chi connectivity index (χ0) is 25.1. The van der Waals surface area contributed by atoms with E-state index in [4.69, 9.17) is 4.74 Å². The first kappa shape index (κ1) is 23.2. The van der Waals surface area contributed by atoms with Gasteiger partial charge in [0, 0.05) is 24.3 Å². The van der Waals surface area contributed by atoms with Crippen molar-refractivity contribution in [3.05, 3.63) is 107 Å². The molecule has 0 saturated carbocycles. The Balaban J connectivity index is 1.48. The summed E-state index contributed by atoms with van der Waals surface area (Å²) in [6, 6.07) is 17.5. The number of nitrogens with one attached hydrogen (secondary N) is 1. The van der Waals surface area contributed by atoms with Gasteiger partial charge in [0.05, 0.1) is 11.9 Å². The van der Waals surface area contributed by atoms with E-state index in [0.717, 1.165) is 30.6 Å². The molecule has 1 amide bonds. The lowest BCUT2D eigenvalue weighted by Crippen LogP contribution is -2.27. The lowest BCUT2D eigenvalue weighted by Gasteiger charge is -2.16. The predicted octanol–water partition coefficient (Wildman–Crippen LogP) is 5.28. The van der Waals surface area contributed by atoms with E-state index in [2.05, 4.69) is 10.4 Å². The monoisotopic (exact) mass is 488 g/mol. The van der Waals surface area contributed by atoms with Crippen molar-refractivity contribution in [2.75, 3.05) is 18.4 Å². The maximum Gasteiger partial charge on any atom is 0.299 e. The van der Waals surface area contributed by atoms with E-state index in [0.29, 0.717) is 22.7 Å². The van der Waals surface area contributed by atoms with Gasteiger partial charge in [0.15, 0.2) is 11.4 Å². The zero-order valence-electron chi connectivity index (χ0n) is 19.2. The van der Waals surface area contributed by atoms with Crippen LogP contribution in [0.15, 0.2) is 83.8 Å². The quantitative estimate of drug-likeness (QED) is 0.400. The summed E-state index contributed by atoms with van der Waals surface area (Å²) >= 11 is 0. The first-order chi connectivity index (χ1) is 17.5. The van der Waals surface area contributed by atoms with Crippen molar-refractivity contribution in [1.82, 2.24) is 14.7 Å². The normalized spacial score (nSPS) is 13.0. The van der Waals surface area contributed by atoms with Gasteiger partial charge in [-0.3, -0.25) is 9.59 Å². The molecule has 0 aliphatic carbocycles. The summed E-state index contributed by atoms with van der Waals surface area (Å²) in [6.07, 6.45) is 3.36. The van der Waals surface area contributed by atoms with Crippen molar-refractivity contribution in [2.45, 2.75) is 12.8 Å². The van der Waals surface area contributed by atoms with Gasteiger partial charge in [-0.15, -0.1) is 0 Å². The van der Waals surface area contributed by atoms with Crippen molar-refractivity contribution in [1.29, 1.82) is 0 Å². The van der Waals surface area contributed by atoms with Crippen LogP contribution in [0.4, 0.5) is 20.2 Å². The summed E-state index contributed by atoms with van der Waals surface area (Å²) in [4.78, 5) is 27.9. The Morgan fingerprint density at radius 1 is 0.861 bits per heavy atom. The van der Waals surface area contributed by atoms with Gasteiger partial charge >= 0.3 is 0 Å². The number of aromatic nitrogens is 2. The van der Waals surface area contributed by atoms with Crippen LogP contribution in [0.3, 0.4) is 0 Å². The topological polar surface area (TPSA) is 76.5 Å². The molecule has 7 nitrogen and oxygen atoms in total. The van der Waals surface area contributed by atoms with E-state index >= 15 is 0 Å². The summed E-state index contributed by atoms with van der Waals surface area (Å²) in [7, 11) is 0. The third-order valence-electron chi connectivity index (χ3n) is 5.85. The number of amides is 1. The fourth-order valence-electron chi connectivity index (χ4n) is 3.97. The zero-order valence-corrected chi connectivity index (χ0v) is 19.2. The predicted molar refractivity (Wildman–Crippen MR) is 131 cm³/mol. The second kappa shape index (κ2) is 9.99. The number of ether oxygens (including phenoxy) is 1. The molecule has 0 radical (unpaired) electrons. The van der Waals surface area contributed by atoms with Gasteiger partial charge in [0.1, 0.15) is 17.4 Å². The second-order valence-corrected chi connectivity index (χ2v) is 8.33. The van der Waals surface area contributed by atoms with Crippen LogP contribution in [-0.4, -0.2) is 33.7 Å². The molecule has 0 bridgehead atoms. The molecule has 1 fully saturated rings. The number of halogens is 2. The maximum absolute atomic E-state index is 13.4. The highest BCUT2D eigenvalue weighted by molar-refractivity contribution is 5.94. The van der Waals surface area contributed by atoms with E-state index < -0.39 is 17.2 Å². The van der Waals surface area contributed by atoms with Crippen LogP contribution in [0.5, 0.6) is 11.5 Å². The van der Waals surface area contributed by atoms with E-state index in [1.165, 1.54) is 54.7 Å². The van der Waals surface area contributed by atoms with Gasteiger partial charge < -0.3 is 15.0 Å². The lowest BCUT2D eigenvalue weighted by atomic mass is 10.2. The molecule has 4 aromatic rings. The SMILES string of the molecule is O=C(c1ccc(Nc2c(Oc3ccc(F)cc3)cnn(-c3ccc(F)cc3)c2=O)cc1)N1CCCC1. The maximum atomic E-state index is 13.4. The summed E-state index contributed by atoms with van der Waals surface area (Å²) in [5, 5.41) is 7.23. The molecule has 36 heavy (non-hydrogen) atoms. The van der Waals surface area contributed by atoms with Crippen molar-refractivity contribution in [3.63, 3.8) is 0 Å². The summed E-state index contributed by atoms with van der Waals surface area (Å²) in [6.45, 7) is 1.51. The molecular formula is C27H22F2N4O3. The number of anilines is 2. The minimum Gasteiger partial charge on any atom is -0.453 e. The molecule has 1 N–H and O–H groups in total. The number of hydrogen-bond acceptors (Lipinski definition) is 5. The smallest absolute Gasteiger partial charge is 0.299 e.